The molecular weight excluding hydrogens is 699 g/mol. The molecule has 4 aliphatic rings. The van der Waals surface area contributed by atoms with Crippen molar-refractivity contribution in [2.75, 3.05) is 23.5 Å². The molecule has 1 saturated heterocycles. The van der Waals surface area contributed by atoms with Crippen molar-refractivity contribution in [1.29, 1.82) is 0 Å². The maximum atomic E-state index is 15.1. The molecule has 280 valence electrons. The molecule has 0 saturated carbocycles. The van der Waals surface area contributed by atoms with Crippen LogP contribution in [-0.4, -0.2) is 66.7 Å². The average molecular weight is 746 g/mol. The number of carbonyl (C=O) groups is 3. The minimum atomic E-state index is -3.06. The molecule has 4 aliphatic heterocycles. The van der Waals surface area contributed by atoms with Gasteiger partial charge in [-0.2, -0.15) is 0 Å². The number of para-hydroxylation sites is 1. The van der Waals surface area contributed by atoms with Crippen molar-refractivity contribution in [3.63, 3.8) is 0 Å². The quantitative estimate of drug-likeness (QED) is 0.213. The van der Waals surface area contributed by atoms with Crippen molar-refractivity contribution < 1.29 is 33.8 Å². The Kier molecular flexibility index (Phi) is 9.24. The molecule has 0 aromatic heterocycles. The summed E-state index contributed by atoms with van der Waals surface area (Å²) >= 11 is 0. The van der Waals surface area contributed by atoms with Crippen molar-refractivity contribution in [2.45, 2.75) is 82.1 Å². The Labute approximate surface area is 317 Å². The molecule has 0 aliphatic carbocycles. The summed E-state index contributed by atoms with van der Waals surface area (Å²) in [6, 6.07) is 28.8. The van der Waals surface area contributed by atoms with E-state index >= 15 is 4.79 Å². The number of rotatable bonds is 8. The van der Waals surface area contributed by atoms with Crippen LogP contribution in [0.2, 0.25) is 18.6 Å². The fraction of sp³-hybridized carbons (Fsp3) is 0.372. The van der Waals surface area contributed by atoms with E-state index in [0.717, 1.165) is 33.6 Å². The molecule has 54 heavy (non-hydrogen) atoms. The molecule has 10 nitrogen and oxygen atoms in total. The summed E-state index contributed by atoms with van der Waals surface area (Å²) in [7, 11) is -1.48. The fourth-order valence-corrected chi connectivity index (χ4v) is 12.1. The fourth-order valence-electron chi connectivity index (χ4n) is 9.56. The van der Waals surface area contributed by atoms with E-state index in [-0.39, 0.29) is 43.3 Å². The maximum absolute atomic E-state index is 15.1. The van der Waals surface area contributed by atoms with Gasteiger partial charge in [0.25, 0.3) is 5.91 Å². The van der Waals surface area contributed by atoms with E-state index in [1.807, 2.05) is 105 Å². The zero-order valence-electron chi connectivity index (χ0n) is 31.2. The van der Waals surface area contributed by atoms with Crippen LogP contribution < -0.4 is 14.5 Å². The molecule has 0 bridgehead atoms. The number of benzene rings is 4. The summed E-state index contributed by atoms with van der Waals surface area (Å²) < 4.78 is 12.7. The van der Waals surface area contributed by atoms with Crippen molar-refractivity contribution in [2.24, 2.45) is 5.92 Å². The summed E-state index contributed by atoms with van der Waals surface area (Å²) in [5.41, 5.74) is 5.11. The van der Waals surface area contributed by atoms with Crippen LogP contribution in [0.3, 0.4) is 0 Å². The number of anilines is 3. The maximum Gasteiger partial charge on any atom is 0.264 e. The Bertz CT molecular complexity index is 2130. The monoisotopic (exact) mass is 745 g/mol. The lowest BCUT2D eigenvalue weighted by Crippen LogP contribution is -2.48. The number of fused-ring (bicyclic) bond motifs is 4. The van der Waals surface area contributed by atoms with Gasteiger partial charge < -0.3 is 29.2 Å². The number of nitrogens with zero attached hydrogens (tertiary/aromatic N) is 3. The topological polar surface area (TPSA) is 120 Å². The van der Waals surface area contributed by atoms with Gasteiger partial charge in [-0.25, -0.2) is 0 Å². The van der Waals surface area contributed by atoms with Gasteiger partial charge >= 0.3 is 0 Å². The van der Waals surface area contributed by atoms with Gasteiger partial charge in [0.15, 0.2) is 13.9 Å². The summed E-state index contributed by atoms with van der Waals surface area (Å²) in [4.78, 5) is 59.7. The van der Waals surface area contributed by atoms with Crippen molar-refractivity contribution >= 4 is 43.1 Å². The number of methoxy groups -OCH3 is 1. The van der Waals surface area contributed by atoms with Gasteiger partial charge in [-0.05, 0) is 84.6 Å². The van der Waals surface area contributed by atoms with Gasteiger partial charge in [0.1, 0.15) is 5.75 Å². The lowest BCUT2D eigenvalue weighted by Gasteiger charge is -2.37. The summed E-state index contributed by atoms with van der Waals surface area (Å²) in [6.07, 6.45) is 0.885. The second kappa shape index (κ2) is 13.8. The normalized spacial score (nSPS) is 24.8. The predicted octanol–water partition coefficient (Wildman–Crippen LogP) is 5.99. The highest BCUT2D eigenvalue weighted by Crippen LogP contribution is 2.60. The average Bonchev–Trinajstić information content (AvgIpc) is 3.59. The molecule has 0 unspecified atom stereocenters. The van der Waals surface area contributed by atoms with E-state index in [0.29, 0.717) is 42.8 Å². The molecule has 8 rings (SSSR count). The van der Waals surface area contributed by atoms with Gasteiger partial charge in [0.05, 0.1) is 50.2 Å². The first-order chi connectivity index (χ1) is 25.9. The smallest absolute Gasteiger partial charge is 0.264 e. The van der Waals surface area contributed by atoms with Gasteiger partial charge in [0, 0.05) is 35.7 Å². The second-order valence-electron chi connectivity index (χ2n) is 15.7. The molecular formula is C43H47N3O7Si. The first-order valence-corrected chi connectivity index (χ1v) is 21.8. The Balaban J connectivity index is 1.13. The van der Waals surface area contributed by atoms with Crippen LogP contribution in [0.15, 0.2) is 91.0 Å². The highest BCUT2D eigenvalue weighted by molar-refractivity contribution is 6.71. The third kappa shape index (κ3) is 5.94. The molecule has 1 fully saturated rings. The number of ether oxygens (including phenoxy) is 2. The van der Waals surface area contributed by atoms with E-state index in [2.05, 4.69) is 6.07 Å². The lowest BCUT2D eigenvalue weighted by atomic mass is 9.82. The van der Waals surface area contributed by atoms with Crippen LogP contribution in [0.1, 0.15) is 47.6 Å². The highest BCUT2D eigenvalue weighted by Gasteiger charge is 2.66. The SMILES string of the molecule is COc1ccc2c(c1)[C@]1(O[C@@H](CC(=O)N3Cc4ccccc4C[C@H]3CO)[C@H]([Si](C)(C)O)[C@H]1C)C(=O)N2Cc1cccc(N2C(=O)CCc3ccccc32)c1. The van der Waals surface area contributed by atoms with Crippen molar-refractivity contribution in [3.8, 4) is 5.75 Å². The van der Waals surface area contributed by atoms with Crippen molar-refractivity contribution in [3.05, 3.63) is 119 Å². The zero-order valence-corrected chi connectivity index (χ0v) is 32.2. The number of carbonyl (C=O) groups excluding carboxylic acids is 3. The molecule has 1 spiro atoms. The Hall–Kier alpha value is -4.81. The van der Waals surface area contributed by atoms with Crippen LogP contribution in [0, 0.1) is 5.92 Å². The number of aliphatic hydroxyl groups excluding tert-OH is 1. The Morgan fingerprint density at radius 2 is 1.67 bits per heavy atom. The third-order valence-corrected chi connectivity index (χ3v) is 14.6. The van der Waals surface area contributed by atoms with Crippen molar-refractivity contribution in [1.82, 2.24) is 4.90 Å². The molecule has 2 N–H and O–H groups in total. The largest absolute Gasteiger partial charge is 0.497 e. The van der Waals surface area contributed by atoms with E-state index in [9.17, 15) is 19.5 Å². The second-order valence-corrected chi connectivity index (χ2v) is 19.7. The van der Waals surface area contributed by atoms with Gasteiger partial charge in [0.2, 0.25) is 11.8 Å². The van der Waals surface area contributed by atoms with E-state index in [4.69, 9.17) is 9.47 Å². The summed E-state index contributed by atoms with van der Waals surface area (Å²) in [5, 5.41) is 10.3. The predicted molar refractivity (Wildman–Crippen MR) is 208 cm³/mol. The molecule has 11 heteroatoms. The van der Waals surface area contributed by atoms with E-state index < -0.39 is 31.5 Å². The molecule has 3 amide bonds. The minimum absolute atomic E-state index is 0.0224. The Morgan fingerprint density at radius 1 is 0.926 bits per heavy atom. The number of aliphatic hydroxyl groups is 1. The van der Waals surface area contributed by atoms with E-state index in [1.165, 1.54) is 0 Å². The standard InChI is InChI=1S/C43H47N3O7Si/c1-27-41(54(3,4)51)38(23-40(49)44-25-31-13-6-5-12-30(31)21-33(44)26-47)53-43(27)35-22-34(52-2)17-18-37(35)45(42(43)50)24-28-10-9-14-32(20-28)46-36-15-8-7-11-29(36)16-19-39(46)48/h5-15,17-18,20,22,27,33,38,41,47,51H,16,19,21,23-26H2,1-4H3/t27-,33+,38+,41-,43+/m1/s1. The van der Waals surface area contributed by atoms with Crippen LogP contribution in [-0.2, 0) is 50.7 Å². The van der Waals surface area contributed by atoms with Crippen LogP contribution in [0.5, 0.6) is 5.75 Å². The minimum Gasteiger partial charge on any atom is -0.497 e. The van der Waals surface area contributed by atoms with Gasteiger partial charge in [-0.1, -0.05) is 61.5 Å². The lowest BCUT2D eigenvalue weighted by molar-refractivity contribution is -0.151. The van der Waals surface area contributed by atoms with Crippen LogP contribution in [0.4, 0.5) is 17.1 Å². The molecule has 4 heterocycles. The molecule has 0 radical (unpaired) electrons. The third-order valence-electron chi connectivity index (χ3n) is 12.1. The van der Waals surface area contributed by atoms with Gasteiger partial charge in [-0.15, -0.1) is 0 Å². The first kappa shape index (κ1) is 36.2. The van der Waals surface area contributed by atoms with Gasteiger partial charge in [-0.3, -0.25) is 19.3 Å². The molecule has 5 atom stereocenters. The Morgan fingerprint density at radius 3 is 2.41 bits per heavy atom. The number of hydrogen-bond acceptors (Lipinski definition) is 7. The first-order valence-electron chi connectivity index (χ1n) is 18.8. The van der Waals surface area contributed by atoms with Crippen LogP contribution in [0.25, 0.3) is 0 Å². The van der Waals surface area contributed by atoms with E-state index in [1.54, 1.807) is 21.8 Å². The highest BCUT2D eigenvalue weighted by atomic mass is 28.4. The zero-order chi connectivity index (χ0) is 37.9. The number of aryl methyl sites for hydroxylation is 1. The molecule has 4 aromatic carbocycles. The van der Waals surface area contributed by atoms with Crippen LogP contribution >= 0.6 is 0 Å². The summed E-state index contributed by atoms with van der Waals surface area (Å²) in [5.74, 6) is -0.331. The summed E-state index contributed by atoms with van der Waals surface area (Å²) in [6.45, 7) is 6.06. The number of amides is 3. The number of hydrogen-bond donors (Lipinski definition) is 2. The molecule has 4 aromatic rings.